The first-order valence-corrected chi connectivity index (χ1v) is 17.9. The number of hydrogen-bond donors (Lipinski definition) is 0. The monoisotopic (exact) mass is 648 g/mol. The minimum atomic E-state index is -0.107. The van der Waals surface area contributed by atoms with Crippen LogP contribution in [-0.4, -0.2) is 0 Å². The van der Waals surface area contributed by atoms with Crippen LogP contribution in [0.5, 0.6) is 0 Å². The Hall–Kier alpha value is -6.24. The molecule has 9 aromatic carbocycles. The van der Waals surface area contributed by atoms with Gasteiger partial charge in [-0.1, -0.05) is 178 Å². The third-order valence-corrected chi connectivity index (χ3v) is 11.2. The molecule has 0 heterocycles. The Labute approximate surface area is 299 Å². The zero-order chi connectivity index (χ0) is 34.1. The van der Waals surface area contributed by atoms with Crippen LogP contribution in [-0.2, 0) is 5.41 Å². The number of benzene rings is 9. The SMILES string of the molecule is CC1(C)c2cc3ccccc3cc2-c2cccc(-c3ccc(-c4c5ccccc5c(-c5cccc(-c6ccccc6)c5)c5ccccc45)cc3)c21. The van der Waals surface area contributed by atoms with Gasteiger partial charge in [-0.15, -0.1) is 0 Å². The van der Waals surface area contributed by atoms with Crippen molar-refractivity contribution in [3.8, 4) is 55.6 Å². The van der Waals surface area contributed by atoms with Gasteiger partial charge in [-0.2, -0.15) is 0 Å². The molecule has 0 radical (unpaired) electrons. The van der Waals surface area contributed by atoms with E-state index in [2.05, 4.69) is 196 Å². The second-order valence-electron chi connectivity index (χ2n) is 14.5. The van der Waals surface area contributed by atoms with E-state index in [4.69, 9.17) is 0 Å². The molecule has 0 unspecified atom stereocenters. The molecule has 0 bridgehead atoms. The summed E-state index contributed by atoms with van der Waals surface area (Å²) in [5.41, 5.74) is 15.5. The van der Waals surface area contributed by atoms with E-state index in [-0.39, 0.29) is 5.41 Å². The summed E-state index contributed by atoms with van der Waals surface area (Å²) in [7, 11) is 0. The first-order valence-electron chi connectivity index (χ1n) is 17.9. The fourth-order valence-corrected chi connectivity index (χ4v) is 8.86. The van der Waals surface area contributed by atoms with Gasteiger partial charge in [0.25, 0.3) is 0 Å². The van der Waals surface area contributed by atoms with Crippen molar-refractivity contribution in [1.29, 1.82) is 0 Å². The lowest BCUT2D eigenvalue weighted by Crippen LogP contribution is -2.16. The molecule has 9 aromatic rings. The van der Waals surface area contributed by atoms with E-state index in [1.165, 1.54) is 99.1 Å². The topological polar surface area (TPSA) is 0 Å². The summed E-state index contributed by atoms with van der Waals surface area (Å²) < 4.78 is 0. The molecule has 0 amide bonds. The molecule has 1 aliphatic carbocycles. The maximum atomic E-state index is 2.41. The summed E-state index contributed by atoms with van der Waals surface area (Å²) >= 11 is 0. The van der Waals surface area contributed by atoms with E-state index in [1.807, 2.05) is 0 Å². The van der Waals surface area contributed by atoms with Gasteiger partial charge in [0.1, 0.15) is 0 Å². The summed E-state index contributed by atoms with van der Waals surface area (Å²) in [6, 6.07) is 67.3. The van der Waals surface area contributed by atoms with E-state index < -0.39 is 0 Å². The van der Waals surface area contributed by atoms with Gasteiger partial charge in [-0.05, 0) is 117 Å². The smallest absolute Gasteiger partial charge is 0.0165 e. The fourth-order valence-electron chi connectivity index (χ4n) is 8.86. The van der Waals surface area contributed by atoms with Gasteiger partial charge in [0.15, 0.2) is 0 Å². The van der Waals surface area contributed by atoms with E-state index >= 15 is 0 Å². The lowest BCUT2D eigenvalue weighted by atomic mass is 9.78. The fraction of sp³-hybridized carbons (Fsp3) is 0.0588. The maximum Gasteiger partial charge on any atom is 0.0165 e. The first kappa shape index (κ1) is 29.7. The van der Waals surface area contributed by atoms with Crippen molar-refractivity contribution in [2.24, 2.45) is 0 Å². The first-order chi connectivity index (χ1) is 25.1. The Balaban J connectivity index is 1.12. The molecule has 0 aliphatic heterocycles. The van der Waals surface area contributed by atoms with Crippen LogP contribution in [0.1, 0.15) is 25.0 Å². The van der Waals surface area contributed by atoms with Crippen LogP contribution in [0.4, 0.5) is 0 Å². The minimum absolute atomic E-state index is 0.107. The van der Waals surface area contributed by atoms with E-state index in [0.717, 1.165) is 0 Å². The molecule has 0 nitrogen and oxygen atoms in total. The van der Waals surface area contributed by atoms with Crippen molar-refractivity contribution in [2.75, 3.05) is 0 Å². The molecular weight excluding hydrogens is 613 g/mol. The Bertz CT molecular complexity index is 2740. The lowest BCUT2D eigenvalue weighted by Gasteiger charge is -2.25. The molecule has 240 valence electrons. The Kier molecular flexibility index (Phi) is 6.63. The van der Waals surface area contributed by atoms with Crippen LogP contribution in [0.15, 0.2) is 182 Å². The van der Waals surface area contributed by atoms with Crippen LogP contribution in [0, 0.1) is 0 Å². The van der Waals surface area contributed by atoms with Crippen LogP contribution in [0.3, 0.4) is 0 Å². The molecule has 0 fully saturated rings. The zero-order valence-electron chi connectivity index (χ0n) is 28.8. The summed E-state index contributed by atoms with van der Waals surface area (Å²) in [4.78, 5) is 0. The highest BCUT2D eigenvalue weighted by Gasteiger charge is 2.37. The average molecular weight is 649 g/mol. The minimum Gasteiger partial charge on any atom is -0.0622 e. The summed E-state index contributed by atoms with van der Waals surface area (Å²) in [6.07, 6.45) is 0. The van der Waals surface area contributed by atoms with Gasteiger partial charge in [-0.3, -0.25) is 0 Å². The predicted molar refractivity (Wildman–Crippen MR) is 218 cm³/mol. The lowest BCUT2D eigenvalue weighted by molar-refractivity contribution is 0.663. The van der Waals surface area contributed by atoms with Gasteiger partial charge in [0.2, 0.25) is 0 Å². The highest BCUT2D eigenvalue weighted by molar-refractivity contribution is 6.21. The third-order valence-electron chi connectivity index (χ3n) is 11.2. The van der Waals surface area contributed by atoms with Crippen LogP contribution >= 0.6 is 0 Å². The van der Waals surface area contributed by atoms with Gasteiger partial charge in [-0.25, -0.2) is 0 Å². The van der Waals surface area contributed by atoms with Crippen LogP contribution < -0.4 is 0 Å². The Morgan fingerprint density at radius 3 is 1.47 bits per heavy atom. The van der Waals surface area contributed by atoms with E-state index in [9.17, 15) is 0 Å². The largest absolute Gasteiger partial charge is 0.0622 e. The molecule has 0 N–H and O–H groups in total. The van der Waals surface area contributed by atoms with Crippen molar-refractivity contribution in [3.05, 3.63) is 193 Å². The Morgan fingerprint density at radius 1 is 0.314 bits per heavy atom. The molecule has 0 atom stereocenters. The highest BCUT2D eigenvalue weighted by atomic mass is 14.4. The van der Waals surface area contributed by atoms with Crippen LogP contribution in [0.2, 0.25) is 0 Å². The van der Waals surface area contributed by atoms with Gasteiger partial charge in [0.05, 0.1) is 0 Å². The van der Waals surface area contributed by atoms with Crippen molar-refractivity contribution < 1.29 is 0 Å². The average Bonchev–Trinajstić information content (AvgIpc) is 3.41. The highest BCUT2D eigenvalue weighted by Crippen LogP contribution is 2.53. The molecule has 1 aliphatic rings. The molecule has 0 saturated carbocycles. The number of fused-ring (bicyclic) bond motifs is 6. The van der Waals surface area contributed by atoms with Gasteiger partial charge < -0.3 is 0 Å². The van der Waals surface area contributed by atoms with Crippen molar-refractivity contribution in [2.45, 2.75) is 19.3 Å². The van der Waals surface area contributed by atoms with E-state index in [1.54, 1.807) is 0 Å². The molecule has 0 heteroatoms. The number of rotatable bonds is 4. The predicted octanol–water partition coefficient (Wildman–Crippen LogP) is 14.1. The molecular formula is C51H36. The second kappa shape index (κ2) is 11.4. The number of hydrogen-bond acceptors (Lipinski definition) is 0. The quantitative estimate of drug-likeness (QED) is 0.167. The molecule has 10 rings (SSSR count). The maximum absolute atomic E-state index is 2.41. The summed E-state index contributed by atoms with van der Waals surface area (Å²) in [5.74, 6) is 0. The van der Waals surface area contributed by atoms with Crippen LogP contribution in [0.25, 0.3) is 88.0 Å². The van der Waals surface area contributed by atoms with E-state index in [0.29, 0.717) is 0 Å². The zero-order valence-corrected chi connectivity index (χ0v) is 28.8. The summed E-state index contributed by atoms with van der Waals surface area (Å²) in [5, 5.41) is 7.68. The Morgan fingerprint density at radius 2 is 0.804 bits per heavy atom. The molecule has 0 aromatic heterocycles. The van der Waals surface area contributed by atoms with Crippen molar-refractivity contribution in [1.82, 2.24) is 0 Å². The third kappa shape index (κ3) is 4.60. The van der Waals surface area contributed by atoms with Crippen molar-refractivity contribution in [3.63, 3.8) is 0 Å². The molecule has 0 spiro atoms. The van der Waals surface area contributed by atoms with Gasteiger partial charge in [0, 0.05) is 5.41 Å². The van der Waals surface area contributed by atoms with Crippen molar-refractivity contribution >= 4 is 32.3 Å². The molecule has 0 saturated heterocycles. The van der Waals surface area contributed by atoms with Gasteiger partial charge >= 0.3 is 0 Å². The molecule has 51 heavy (non-hydrogen) atoms. The summed E-state index contributed by atoms with van der Waals surface area (Å²) in [6.45, 7) is 4.78. The standard InChI is InChI=1S/C51H36/c1-51(2)47-32-38-17-7-6-16-37(38)31-46(47)45-25-13-24-40(50(45)51)34-26-28-35(29-27-34)48-41-20-8-10-22-43(41)49(44-23-11-9-21-42(44)48)39-19-12-18-36(30-39)33-14-4-3-5-15-33/h3-32H,1-2H3. The second-order valence-corrected chi connectivity index (χ2v) is 14.5. The normalized spacial score (nSPS) is 13.1.